The summed E-state index contributed by atoms with van der Waals surface area (Å²) in [5, 5.41) is 3.18. The first-order valence-corrected chi connectivity index (χ1v) is 5.13. The molecule has 1 aromatic rings. The second kappa shape index (κ2) is 5.71. The van der Waals surface area contributed by atoms with E-state index >= 15 is 0 Å². The monoisotopic (exact) mass is 229 g/mol. The first-order valence-electron chi connectivity index (χ1n) is 4.76. The number of alkyl halides is 1. The van der Waals surface area contributed by atoms with Crippen molar-refractivity contribution in [3.63, 3.8) is 0 Å². The molecule has 0 aliphatic carbocycles. The molecule has 2 nitrogen and oxygen atoms in total. The molecule has 4 heteroatoms. The van der Waals surface area contributed by atoms with Crippen LogP contribution in [0.4, 0.5) is 4.39 Å². The molecule has 1 amide bonds. The number of nitrogens with one attached hydrogen (secondary N) is 1. The van der Waals surface area contributed by atoms with E-state index in [0.717, 1.165) is 5.56 Å². The fourth-order valence-electron chi connectivity index (χ4n) is 1.12. The van der Waals surface area contributed by atoms with E-state index in [-0.39, 0.29) is 0 Å². The van der Waals surface area contributed by atoms with E-state index in [1.807, 2.05) is 12.1 Å². The molecule has 82 valence electrons. The van der Waals surface area contributed by atoms with Crippen molar-refractivity contribution < 1.29 is 9.18 Å². The summed E-state index contributed by atoms with van der Waals surface area (Å²) in [7, 11) is 0. The first-order chi connectivity index (χ1) is 7.09. The number of hydrogen-bond acceptors (Lipinski definition) is 1. The van der Waals surface area contributed by atoms with E-state index in [1.54, 1.807) is 12.1 Å². The minimum Gasteiger partial charge on any atom is -0.353 e. The molecule has 1 atom stereocenters. The number of hydrogen-bond donors (Lipinski definition) is 1. The number of rotatable bonds is 4. The standard InChI is InChI=1S/C11H13ClFNO/c1-8(13)11(15)14-7-6-9-2-4-10(12)5-3-9/h2-5,8H,6-7H2,1H3,(H,14,15). The van der Waals surface area contributed by atoms with Gasteiger partial charge in [-0.05, 0) is 31.0 Å². The van der Waals surface area contributed by atoms with Crippen LogP contribution in [0.1, 0.15) is 12.5 Å². The van der Waals surface area contributed by atoms with Crippen LogP contribution in [0, 0.1) is 0 Å². The van der Waals surface area contributed by atoms with Gasteiger partial charge in [-0.2, -0.15) is 0 Å². The third-order valence-corrected chi connectivity index (χ3v) is 2.24. The van der Waals surface area contributed by atoms with Crippen LogP contribution in [0.2, 0.25) is 5.02 Å². The quantitative estimate of drug-likeness (QED) is 0.844. The lowest BCUT2D eigenvalue weighted by Gasteiger charge is -2.05. The maximum Gasteiger partial charge on any atom is 0.254 e. The van der Waals surface area contributed by atoms with Gasteiger partial charge in [0.2, 0.25) is 0 Å². The molecule has 1 unspecified atom stereocenters. The molecule has 0 saturated heterocycles. The Labute approximate surface area is 93.4 Å². The minimum absolute atomic E-state index is 0.439. The van der Waals surface area contributed by atoms with Crippen LogP contribution < -0.4 is 5.32 Å². The molecule has 1 N–H and O–H groups in total. The Morgan fingerprint density at radius 1 is 1.47 bits per heavy atom. The summed E-state index contributed by atoms with van der Waals surface area (Å²) in [6, 6.07) is 7.34. The molecule has 0 saturated carbocycles. The predicted octanol–water partition coefficient (Wildman–Crippen LogP) is 2.36. The van der Waals surface area contributed by atoms with Crippen molar-refractivity contribution in [1.82, 2.24) is 5.32 Å². The van der Waals surface area contributed by atoms with Crippen LogP contribution in [-0.2, 0) is 11.2 Å². The van der Waals surface area contributed by atoms with Crippen molar-refractivity contribution in [2.75, 3.05) is 6.54 Å². The molecule has 1 rings (SSSR count). The maximum atomic E-state index is 12.4. The SMILES string of the molecule is CC(F)C(=O)NCCc1ccc(Cl)cc1. The summed E-state index contributed by atoms with van der Waals surface area (Å²) in [6.45, 7) is 1.66. The van der Waals surface area contributed by atoms with Crippen LogP contribution >= 0.6 is 11.6 Å². The lowest BCUT2D eigenvalue weighted by Crippen LogP contribution is -2.31. The van der Waals surface area contributed by atoms with E-state index in [4.69, 9.17) is 11.6 Å². The highest BCUT2D eigenvalue weighted by atomic mass is 35.5. The highest BCUT2D eigenvalue weighted by molar-refractivity contribution is 6.30. The van der Waals surface area contributed by atoms with Gasteiger partial charge < -0.3 is 5.32 Å². The molecule has 0 aromatic heterocycles. The van der Waals surface area contributed by atoms with Gasteiger partial charge in [0.05, 0.1) is 0 Å². The fourth-order valence-corrected chi connectivity index (χ4v) is 1.25. The number of benzene rings is 1. The molecule has 0 spiro atoms. The average molecular weight is 230 g/mol. The number of carbonyl (C=O) groups is 1. The summed E-state index contributed by atoms with van der Waals surface area (Å²) in [5.41, 5.74) is 1.06. The second-order valence-electron chi connectivity index (χ2n) is 3.28. The van der Waals surface area contributed by atoms with Crippen LogP contribution in [0.25, 0.3) is 0 Å². The second-order valence-corrected chi connectivity index (χ2v) is 3.72. The molecular weight excluding hydrogens is 217 g/mol. The Morgan fingerprint density at radius 2 is 2.07 bits per heavy atom. The molecule has 0 aliphatic rings. The van der Waals surface area contributed by atoms with Crippen molar-refractivity contribution in [1.29, 1.82) is 0 Å². The summed E-state index contributed by atoms with van der Waals surface area (Å²) in [4.78, 5) is 10.9. The highest BCUT2D eigenvalue weighted by Crippen LogP contribution is 2.09. The van der Waals surface area contributed by atoms with Gasteiger partial charge in [0.1, 0.15) is 0 Å². The Kier molecular flexibility index (Phi) is 4.56. The van der Waals surface area contributed by atoms with Crippen LogP contribution in [0.5, 0.6) is 0 Å². The zero-order valence-corrected chi connectivity index (χ0v) is 9.22. The van der Waals surface area contributed by atoms with Crippen molar-refractivity contribution in [2.45, 2.75) is 19.5 Å². The highest BCUT2D eigenvalue weighted by Gasteiger charge is 2.08. The zero-order valence-electron chi connectivity index (χ0n) is 8.47. The van der Waals surface area contributed by atoms with Gasteiger partial charge in [0, 0.05) is 11.6 Å². The lowest BCUT2D eigenvalue weighted by molar-refractivity contribution is -0.125. The molecule has 0 heterocycles. The van der Waals surface area contributed by atoms with E-state index in [0.29, 0.717) is 18.0 Å². The zero-order chi connectivity index (χ0) is 11.3. The van der Waals surface area contributed by atoms with E-state index in [2.05, 4.69) is 5.32 Å². The van der Waals surface area contributed by atoms with Crippen molar-refractivity contribution in [2.24, 2.45) is 0 Å². The maximum absolute atomic E-state index is 12.4. The first kappa shape index (κ1) is 12.0. The number of halogens is 2. The van der Waals surface area contributed by atoms with E-state index in [1.165, 1.54) is 6.92 Å². The van der Waals surface area contributed by atoms with Gasteiger partial charge in [0.25, 0.3) is 5.91 Å². The van der Waals surface area contributed by atoms with E-state index in [9.17, 15) is 9.18 Å². The van der Waals surface area contributed by atoms with Gasteiger partial charge >= 0.3 is 0 Å². The molecule has 0 radical (unpaired) electrons. The third-order valence-electron chi connectivity index (χ3n) is 1.99. The van der Waals surface area contributed by atoms with Crippen LogP contribution in [-0.4, -0.2) is 18.6 Å². The van der Waals surface area contributed by atoms with Crippen molar-refractivity contribution >= 4 is 17.5 Å². The Balaban J connectivity index is 2.32. The summed E-state index contributed by atoms with van der Waals surface area (Å²) in [6.07, 6.45) is -0.773. The molecule has 1 aromatic carbocycles. The smallest absolute Gasteiger partial charge is 0.254 e. The third kappa shape index (κ3) is 4.30. The topological polar surface area (TPSA) is 29.1 Å². The number of carbonyl (C=O) groups excluding carboxylic acids is 1. The largest absolute Gasteiger partial charge is 0.353 e. The minimum atomic E-state index is -1.45. The van der Waals surface area contributed by atoms with Gasteiger partial charge in [0.15, 0.2) is 6.17 Å². The van der Waals surface area contributed by atoms with E-state index < -0.39 is 12.1 Å². The number of amides is 1. The lowest BCUT2D eigenvalue weighted by atomic mass is 10.1. The summed E-state index contributed by atoms with van der Waals surface area (Å²) >= 11 is 5.72. The molecule has 15 heavy (non-hydrogen) atoms. The normalized spacial score (nSPS) is 12.2. The van der Waals surface area contributed by atoms with Gasteiger partial charge in [-0.25, -0.2) is 4.39 Å². The summed E-state index contributed by atoms with van der Waals surface area (Å²) in [5.74, 6) is -0.566. The average Bonchev–Trinajstić information content (AvgIpc) is 2.20. The van der Waals surface area contributed by atoms with Gasteiger partial charge in [-0.3, -0.25) is 4.79 Å². The van der Waals surface area contributed by atoms with Crippen LogP contribution in [0.15, 0.2) is 24.3 Å². The van der Waals surface area contributed by atoms with Gasteiger partial charge in [-0.15, -0.1) is 0 Å². The van der Waals surface area contributed by atoms with Crippen LogP contribution in [0.3, 0.4) is 0 Å². The Bertz CT molecular complexity index is 324. The van der Waals surface area contributed by atoms with Crippen molar-refractivity contribution in [3.8, 4) is 0 Å². The fraction of sp³-hybridized carbons (Fsp3) is 0.364. The Morgan fingerprint density at radius 3 is 2.60 bits per heavy atom. The molecule has 0 aliphatic heterocycles. The molecular formula is C11H13ClFNO. The molecule has 0 bridgehead atoms. The van der Waals surface area contributed by atoms with Gasteiger partial charge in [-0.1, -0.05) is 23.7 Å². The Hall–Kier alpha value is -1.09. The molecule has 0 fully saturated rings. The predicted molar refractivity (Wildman–Crippen MR) is 58.7 cm³/mol. The van der Waals surface area contributed by atoms with Crippen molar-refractivity contribution in [3.05, 3.63) is 34.9 Å². The summed E-state index contributed by atoms with van der Waals surface area (Å²) < 4.78 is 12.4.